The Kier molecular flexibility index (Phi) is 3.37. The van der Waals surface area contributed by atoms with Gasteiger partial charge in [0.25, 0.3) is 0 Å². The first-order valence-corrected chi connectivity index (χ1v) is 6.45. The van der Waals surface area contributed by atoms with Crippen LogP contribution in [0, 0.1) is 5.82 Å². The standard InChI is InChI=1S/C14H16ClFO2/c1-8(2)10-5-9(6-11(15)13(10)16)14(3-4-14)7-12(17)18/h5-6,8H,3-4,7H2,1-2H3,(H,17,18). The lowest BCUT2D eigenvalue weighted by Crippen LogP contribution is -2.14. The van der Waals surface area contributed by atoms with Crippen LogP contribution < -0.4 is 0 Å². The molecule has 98 valence electrons. The summed E-state index contributed by atoms with van der Waals surface area (Å²) in [6.45, 7) is 3.80. The summed E-state index contributed by atoms with van der Waals surface area (Å²) < 4.78 is 13.9. The minimum Gasteiger partial charge on any atom is -0.481 e. The van der Waals surface area contributed by atoms with Crippen molar-refractivity contribution in [2.24, 2.45) is 0 Å². The van der Waals surface area contributed by atoms with Crippen molar-refractivity contribution in [3.8, 4) is 0 Å². The predicted molar refractivity (Wildman–Crippen MR) is 68.7 cm³/mol. The fourth-order valence-corrected chi connectivity index (χ4v) is 2.57. The second kappa shape index (κ2) is 4.54. The van der Waals surface area contributed by atoms with Crippen molar-refractivity contribution in [1.82, 2.24) is 0 Å². The van der Waals surface area contributed by atoms with E-state index in [1.807, 2.05) is 13.8 Å². The van der Waals surface area contributed by atoms with Gasteiger partial charge in [-0.2, -0.15) is 0 Å². The molecule has 1 aliphatic carbocycles. The quantitative estimate of drug-likeness (QED) is 0.894. The summed E-state index contributed by atoms with van der Waals surface area (Å²) in [5.74, 6) is -1.18. The molecule has 0 aliphatic heterocycles. The van der Waals surface area contributed by atoms with Crippen LogP contribution in [0.1, 0.15) is 50.2 Å². The maximum absolute atomic E-state index is 13.9. The molecule has 0 unspecified atom stereocenters. The number of carboxylic acid groups (broad SMARTS) is 1. The molecule has 2 nitrogen and oxygen atoms in total. The molecule has 0 saturated heterocycles. The molecule has 0 radical (unpaired) electrons. The summed E-state index contributed by atoms with van der Waals surface area (Å²) in [6, 6.07) is 3.36. The largest absolute Gasteiger partial charge is 0.481 e. The van der Waals surface area contributed by atoms with Gasteiger partial charge < -0.3 is 5.11 Å². The fourth-order valence-electron chi connectivity index (χ4n) is 2.34. The Balaban J connectivity index is 2.43. The second-order valence-electron chi connectivity index (χ2n) is 5.37. The molecule has 4 heteroatoms. The molecule has 2 rings (SSSR count). The smallest absolute Gasteiger partial charge is 0.304 e. The zero-order valence-electron chi connectivity index (χ0n) is 10.5. The molecule has 1 saturated carbocycles. The normalized spacial score (nSPS) is 16.9. The van der Waals surface area contributed by atoms with Gasteiger partial charge in [0.15, 0.2) is 0 Å². The molecule has 1 aliphatic rings. The van der Waals surface area contributed by atoms with Gasteiger partial charge in [-0.1, -0.05) is 31.5 Å². The van der Waals surface area contributed by atoms with E-state index in [-0.39, 0.29) is 28.6 Å². The van der Waals surface area contributed by atoms with E-state index >= 15 is 0 Å². The number of carbonyl (C=O) groups is 1. The maximum Gasteiger partial charge on any atom is 0.304 e. The molecule has 1 N–H and O–H groups in total. The molecule has 0 spiro atoms. The number of carboxylic acids is 1. The molecule has 0 aromatic heterocycles. The summed E-state index contributed by atoms with van der Waals surface area (Å²) in [4.78, 5) is 10.9. The van der Waals surface area contributed by atoms with Crippen LogP contribution in [-0.4, -0.2) is 11.1 Å². The lowest BCUT2D eigenvalue weighted by molar-refractivity contribution is -0.137. The monoisotopic (exact) mass is 270 g/mol. The van der Waals surface area contributed by atoms with Crippen LogP contribution in [0.15, 0.2) is 12.1 Å². The minimum absolute atomic E-state index is 0.0306. The lowest BCUT2D eigenvalue weighted by Gasteiger charge is -2.17. The Bertz CT molecular complexity index is 493. The van der Waals surface area contributed by atoms with Gasteiger partial charge in [-0.3, -0.25) is 4.79 Å². The summed E-state index contributed by atoms with van der Waals surface area (Å²) in [6.07, 6.45) is 1.75. The summed E-state index contributed by atoms with van der Waals surface area (Å²) in [5.41, 5.74) is 1.10. The van der Waals surface area contributed by atoms with Gasteiger partial charge in [0.1, 0.15) is 5.82 Å². The van der Waals surface area contributed by atoms with E-state index < -0.39 is 5.97 Å². The molecular weight excluding hydrogens is 255 g/mol. The highest BCUT2D eigenvalue weighted by atomic mass is 35.5. The molecule has 18 heavy (non-hydrogen) atoms. The summed E-state index contributed by atoms with van der Waals surface area (Å²) >= 11 is 5.91. The molecule has 0 bridgehead atoms. The number of hydrogen-bond acceptors (Lipinski definition) is 1. The van der Waals surface area contributed by atoms with Gasteiger partial charge in [-0.25, -0.2) is 4.39 Å². The highest BCUT2D eigenvalue weighted by Crippen LogP contribution is 2.52. The van der Waals surface area contributed by atoms with Crippen molar-refractivity contribution in [1.29, 1.82) is 0 Å². The Morgan fingerprint density at radius 2 is 2.11 bits per heavy atom. The van der Waals surface area contributed by atoms with Crippen molar-refractivity contribution in [3.05, 3.63) is 34.1 Å². The van der Waals surface area contributed by atoms with Crippen LogP contribution >= 0.6 is 11.6 Å². The average molecular weight is 271 g/mol. The molecule has 0 amide bonds. The molecule has 1 aromatic carbocycles. The van der Waals surface area contributed by atoms with Gasteiger partial charge in [0.05, 0.1) is 11.4 Å². The van der Waals surface area contributed by atoms with Crippen molar-refractivity contribution in [2.45, 2.75) is 44.4 Å². The first-order chi connectivity index (χ1) is 8.35. The number of aliphatic carboxylic acids is 1. The van der Waals surface area contributed by atoms with E-state index in [2.05, 4.69) is 0 Å². The Morgan fingerprint density at radius 3 is 2.56 bits per heavy atom. The second-order valence-corrected chi connectivity index (χ2v) is 5.77. The molecule has 1 fully saturated rings. The third kappa shape index (κ3) is 2.37. The molecule has 0 atom stereocenters. The van der Waals surface area contributed by atoms with E-state index in [9.17, 15) is 9.18 Å². The first kappa shape index (κ1) is 13.3. The van der Waals surface area contributed by atoms with E-state index in [1.165, 1.54) is 0 Å². The topological polar surface area (TPSA) is 37.3 Å². The van der Waals surface area contributed by atoms with Gasteiger partial charge >= 0.3 is 5.97 Å². The van der Waals surface area contributed by atoms with Gasteiger partial charge in [-0.15, -0.1) is 0 Å². The molecular formula is C14H16ClFO2. The third-order valence-corrected chi connectivity index (χ3v) is 3.91. The van der Waals surface area contributed by atoms with Crippen LogP contribution in [-0.2, 0) is 10.2 Å². The van der Waals surface area contributed by atoms with E-state index in [0.29, 0.717) is 5.56 Å². The van der Waals surface area contributed by atoms with Gasteiger partial charge in [-0.05, 0) is 36.0 Å². The van der Waals surface area contributed by atoms with Gasteiger partial charge in [0.2, 0.25) is 0 Å². The van der Waals surface area contributed by atoms with Crippen LogP contribution in [0.3, 0.4) is 0 Å². The number of benzene rings is 1. The zero-order valence-corrected chi connectivity index (χ0v) is 11.2. The molecule has 1 aromatic rings. The fraction of sp³-hybridized carbons (Fsp3) is 0.500. The van der Waals surface area contributed by atoms with Crippen LogP contribution in [0.25, 0.3) is 0 Å². The minimum atomic E-state index is -0.820. The van der Waals surface area contributed by atoms with Crippen molar-refractivity contribution >= 4 is 17.6 Å². The number of rotatable bonds is 4. The van der Waals surface area contributed by atoms with Crippen LogP contribution in [0.5, 0.6) is 0 Å². The summed E-state index contributed by atoms with van der Waals surface area (Å²) in [5, 5.41) is 9.04. The molecule has 0 heterocycles. The van der Waals surface area contributed by atoms with Crippen molar-refractivity contribution in [2.75, 3.05) is 0 Å². The van der Waals surface area contributed by atoms with Gasteiger partial charge in [0, 0.05) is 5.41 Å². The Hall–Kier alpha value is -1.09. The SMILES string of the molecule is CC(C)c1cc(C2(CC(=O)O)CC2)cc(Cl)c1F. The lowest BCUT2D eigenvalue weighted by atomic mass is 9.89. The van der Waals surface area contributed by atoms with Crippen molar-refractivity contribution in [3.63, 3.8) is 0 Å². The van der Waals surface area contributed by atoms with E-state index in [1.54, 1.807) is 12.1 Å². The van der Waals surface area contributed by atoms with E-state index in [0.717, 1.165) is 18.4 Å². The Morgan fingerprint density at radius 1 is 1.50 bits per heavy atom. The van der Waals surface area contributed by atoms with Crippen molar-refractivity contribution < 1.29 is 14.3 Å². The maximum atomic E-state index is 13.9. The third-order valence-electron chi connectivity index (χ3n) is 3.63. The Labute approximate surface area is 111 Å². The van der Waals surface area contributed by atoms with E-state index in [4.69, 9.17) is 16.7 Å². The highest BCUT2D eigenvalue weighted by Gasteiger charge is 2.46. The number of halogens is 2. The average Bonchev–Trinajstić information content (AvgIpc) is 3.01. The zero-order chi connectivity index (χ0) is 13.5. The van der Waals surface area contributed by atoms with Crippen LogP contribution in [0.2, 0.25) is 5.02 Å². The van der Waals surface area contributed by atoms with Crippen LogP contribution in [0.4, 0.5) is 4.39 Å². The predicted octanol–water partition coefficient (Wildman–Crippen LogP) is 4.11. The first-order valence-electron chi connectivity index (χ1n) is 6.07. The highest BCUT2D eigenvalue weighted by molar-refractivity contribution is 6.30. The summed E-state index contributed by atoms with van der Waals surface area (Å²) in [7, 11) is 0. The number of hydrogen-bond donors (Lipinski definition) is 1.